The molecule has 0 saturated carbocycles. The van der Waals surface area contributed by atoms with Crippen LogP contribution in [-0.2, 0) is 47.5 Å². The van der Waals surface area contributed by atoms with Crippen LogP contribution < -0.4 is 21.8 Å². The van der Waals surface area contributed by atoms with Crippen molar-refractivity contribution in [3.8, 4) is 12.3 Å². The van der Waals surface area contributed by atoms with Crippen LogP contribution >= 0.6 is 15.9 Å². The molecule has 7 saturated heterocycles. The molecule has 94 heavy (non-hydrogen) atoms. The fourth-order valence-electron chi connectivity index (χ4n) is 14.6. The third-order valence-electron chi connectivity index (χ3n) is 25.8. The Morgan fingerprint density at radius 3 is 1.16 bits per heavy atom. The number of rotatable bonds is 11. The van der Waals surface area contributed by atoms with Gasteiger partial charge in [-0.05, 0) is 178 Å². The molecule has 0 aromatic carbocycles. The first kappa shape index (κ1) is 89.6. The fraction of sp³-hybridized carbons (Fsp3) is 0.933. The smallest absolute Gasteiger partial charge is 0.249 e. The Labute approximate surface area is 582 Å². The topological polar surface area (TPSA) is 247 Å². The number of likely N-dealkylation sites (N-methyl/N-ethyl adjacent to an activating group) is 1. The van der Waals surface area contributed by atoms with E-state index in [1.807, 2.05) is 13.8 Å². The Morgan fingerprint density at radius 1 is 0.479 bits per heavy atom. The minimum absolute atomic E-state index is 0.00287. The molecule has 2 amide bonds. The Balaban J connectivity index is 0.000000549. The molecule has 7 heterocycles. The van der Waals surface area contributed by atoms with Gasteiger partial charge < -0.3 is 59.5 Å². The van der Waals surface area contributed by atoms with Gasteiger partial charge in [0.25, 0.3) is 0 Å². The minimum Gasteiger partial charge on any atom is -0.375 e. The second-order valence-corrected chi connectivity index (χ2v) is 31.2. The lowest BCUT2D eigenvalue weighted by molar-refractivity contribution is -0.159. The van der Waals surface area contributed by atoms with E-state index in [4.69, 9.17) is 56.1 Å². The molecule has 0 radical (unpaired) electrons. The number of carbonyl (C=O) groups excluding carboxylic acids is 3. The summed E-state index contributed by atoms with van der Waals surface area (Å²) in [5.41, 5.74) is 16.1. The Bertz CT molecular complexity index is 2230. The van der Waals surface area contributed by atoms with E-state index >= 15 is 0 Å². The zero-order valence-corrected chi connectivity index (χ0v) is 66.0. The summed E-state index contributed by atoms with van der Waals surface area (Å²) in [4.78, 5) is 36.1. The normalized spacial score (nSPS) is 44.8. The molecule has 0 unspecified atom stereocenters. The van der Waals surface area contributed by atoms with Crippen LogP contribution in [0.1, 0.15) is 200 Å². The minimum atomic E-state index is -0.277. The SMILES string of the molecule is C#CC[C@H]1O[C@@H](C)[C@H](C)[C@@H](C)[C@@H]1C.CNC(=O)[C@H]1O[C@@H](C)[C@H](C)[C@@H](C)[C@@H]1C.C[C@@H]1[C@@H](C)[C@H](C)O[C@H](C=O)[C@H]1C.C[C@@H]1[C@@H](C)[C@H](C)O[C@H](CN)[C@H]1C.C[C@@H]1[C@@H](C)[C@H](C)O[C@H](CN=[N+]=[N-])[C@H]1C.C[C@@H]1[C@@H](C)[C@H](C)O[C@H](CNC(=O)CBr)[C@H]1C.C[C@@H]1[C@@H](C)[C@H](C)O[C@H](CNO)[C@H]1C. The molecule has 0 aromatic heterocycles. The van der Waals surface area contributed by atoms with Crippen LogP contribution in [0.4, 0.5) is 0 Å². The van der Waals surface area contributed by atoms with Gasteiger partial charge in [0.05, 0.1) is 85.1 Å². The summed E-state index contributed by atoms with van der Waals surface area (Å²) in [6.45, 7) is 63.6. The van der Waals surface area contributed by atoms with Crippen molar-refractivity contribution < 1.29 is 52.7 Å². The molecular weight excluding hydrogens is 1250 g/mol. The van der Waals surface area contributed by atoms with Gasteiger partial charge in [0.15, 0.2) is 0 Å². The number of hydroxylamine groups is 1. The maximum atomic E-state index is 11.5. The number of terminal acetylenes is 1. The maximum absolute atomic E-state index is 11.5. The van der Waals surface area contributed by atoms with Crippen molar-refractivity contribution in [1.29, 1.82) is 0 Å². The molecule has 6 N–H and O–H groups in total. The quantitative estimate of drug-likeness (QED) is 0.0246. The van der Waals surface area contributed by atoms with Crippen molar-refractivity contribution in [2.45, 2.75) is 286 Å². The highest BCUT2D eigenvalue weighted by molar-refractivity contribution is 9.09. The van der Waals surface area contributed by atoms with Crippen molar-refractivity contribution in [2.24, 2.45) is 135 Å². The lowest BCUT2D eigenvalue weighted by Gasteiger charge is -2.42. The van der Waals surface area contributed by atoms with E-state index in [9.17, 15) is 14.4 Å². The van der Waals surface area contributed by atoms with E-state index in [0.29, 0.717) is 168 Å². The van der Waals surface area contributed by atoms with Gasteiger partial charge in [-0.25, -0.2) is 5.48 Å². The molecule has 550 valence electrons. The van der Waals surface area contributed by atoms with Gasteiger partial charge in [0.1, 0.15) is 18.5 Å². The van der Waals surface area contributed by atoms with Crippen molar-refractivity contribution >= 4 is 34.0 Å². The summed E-state index contributed by atoms with van der Waals surface area (Å²) in [6.07, 6.45) is 9.39. The molecular formula is C75H142BrN7O11. The van der Waals surface area contributed by atoms with Gasteiger partial charge in [-0.3, -0.25) is 9.59 Å². The molecule has 19 heteroatoms. The van der Waals surface area contributed by atoms with Gasteiger partial charge in [-0.2, -0.15) is 0 Å². The molecule has 0 bridgehead atoms. The largest absolute Gasteiger partial charge is 0.375 e. The summed E-state index contributed by atoms with van der Waals surface area (Å²) in [5, 5.41) is 18.1. The molecule has 0 aliphatic carbocycles. The monoisotopic (exact) mass is 1400 g/mol. The van der Waals surface area contributed by atoms with E-state index in [1.165, 1.54) is 0 Å². The van der Waals surface area contributed by atoms with Crippen LogP contribution in [0.3, 0.4) is 0 Å². The van der Waals surface area contributed by atoms with Crippen molar-refractivity contribution in [3.05, 3.63) is 10.4 Å². The van der Waals surface area contributed by atoms with Gasteiger partial charge in [0.2, 0.25) is 11.8 Å². The third kappa shape index (κ3) is 25.9. The highest BCUT2D eigenvalue weighted by Gasteiger charge is 2.43. The number of nitrogens with two attached hydrogens (primary N) is 1. The molecule has 0 spiro atoms. The second kappa shape index (κ2) is 43.9. The van der Waals surface area contributed by atoms with Gasteiger partial charge in [-0.15, -0.1) is 12.3 Å². The van der Waals surface area contributed by atoms with Crippen LogP contribution in [0.25, 0.3) is 10.4 Å². The van der Waals surface area contributed by atoms with Gasteiger partial charge in [-0.1, -0.05) is 166 Å². The molecule has 7 aliphatic rings. The van der Waals surface area contributed by atoms with Crippen LogP contribution in [0.15, 0.2) is 5.11 Å². The second-order valence-electron chi connectivity index (χ2n) is 30.6. The number of ether oxygens (including phenoxy) is 7. The number of nitrogens with zero attached hydrogens (tertiary/aromatic N) is 3. The first-order chi connectivity index (χ1) is 43.8. The predicted octanol–water partition coefficient (Wildman–Crippen LogP) is 14.5. The highest BCUT2D eigenvalue weighted by atomic mass is 79.9. The Hall–Kier alpha value is -2.44. The van der Waals surface area contributed by atoms with Crippen molar-refractivity contribution in [3.63, 3.8) is 0 Å². The number of alkyl halides is 1. The highest BCUT2D eigenvalue weighted by Crippen LogP contribution is 2.40. The van der Waals surface area contributed by atoms with E-state index in [1.54, 1.807) is 7.05 Å². The number of hydrogen-bond acceptors (Lipinski definition) is 14. The first-order valence-electron chi connectivity index (χ1n) is 36.4. The third-order valence-corrected chi connectivity index (χ3v) is 26.3. The van der Waals surface area contributed by atoms with E-state index in [0.717, 1.165) is 18.6 Å². The number of aldehydes is 1. The van der Waals surface area contributed by atoms with E-state index < -0.39 is 0 Å². The number of hydrogen-bond donors (Lipinski definition) is 5. The molecule has 35 atom stereocenters. The summed E-state index contributed by atoms with van der Waals surface area (Å²) < 4.78 is 40.5. The predicted molar refractivity (Wildman–Crippen MR) is 386 cm³/mol. The van der Waals surface area contributed by atoms with E-state index in [-0.39, 0.29) is 79.0 Å². The van der Waals surface area contributed by atoms with Crippen LogP contribution in [0, 0.1) is 137 Å². The van der Waals surface area contributed by atoms with Gasteiger partial charge in [0, 0.05) is 38.0 Å². The average Bonchev–Trinajstić information content (AvgIpc) is 0.954. The first-order valence-corrected chi connectivity index (χ1v) is 37.5. The van der Waals surface area contributed by atoms with E-state index in [2.05, 4.69) is 228 Å². The van der Waals surface area contributed by atoms with Crippen LogP contribution in [-0.4, -0.2) is 147 Å². The number of carbonyl (C=O) groups is 3. The average molecular weight is 1400 g/mol. The Morgan fingerprint density at radius 2 is 0.798 bits per heavy atom. The number of nitrogens with one attached hydrogen (secondary N) is 3. The van der Waals surface area contributed by atoms with Crippen molar-refractivity contribution in [1.82, 2.24) is 16.1 Å². The molecule has 7 rings (SSSR count). The lowest BCUT2D eigenvalue weighted by atomic mass is 9.76. The fourth-order valence-corrected chi connectivity index (χ4v) is 14.8. The Kier molecular flexibility index (Phi) is 41.9. The zero-order chi connectivity index (χ0) is 72.5. The number of halogens is 1. The van der Waals surface area contributed by atoms with Gasteiger partial charge >= 0.3 is 0 Å². The molecule has 7 fully saturated rings. The van der Waals surface area contributed by atoms with Crippen molar-refractivity contribution in [2.75, 3.05) is 38.6 Å². The standard InChI is InChI=1S/C12H22BrNO2.C12H20O.C11H21NO2.C10H19N3O.C10H21NO2.C10H21NO.C10H18O2/c1-7-8(2)10(4)16-11(9(7)3)6-14-12(15)5-13;1-6-7-12-10(4)8(2)9(3)11(5)13-12;1-6-7(2)9(4)14-10(8(6)3)11(13)12-5;1-6-7(2)9(4)14-10(8(6)3)5-12-13-11;1-6-7(2)9(4)13-10(5-11-12)8(6)3;2*1-6-7(2)9(4)12-10(5-11)8(6)3/h7-11H,5-6H2,1-4H3,(H,14,15);1,8-12H,7H2,2-5H3;6-10H,1-5H3,(H,12,13);6-10H,5H2,1-4H3;6-12H,5H2,1-4H3;6-10H,5,11H2,1-4H3;5-10H,1-4H3/t7-,8-,9+,10+,11-;8-,9-,10+,11+,12-;6-,7-,8+,9+,10+;4*6-,7-,8+,9+,10-/m1111111/s1. The molecule has 7 aliphatic heterocycles. The summed E-state index contributed by atoms with van der Waals surface area (Å²) in [5.74, 6) is 14.6. The zero-order valence-electron chi connectivity index (χ0n) is 64.4. The summed E-state index contributed by atoms with van der Waals surface area (Å²) in [6, 6.07) is 0. The maximum Gasteiger partial charge on any atom is 0.249 e. The number of amides is 2. The summed E-state index contributed by atoms with van der Waals surface area (Å²) in [7, 11) is 1.66. The summed E-state index contributed by atoms with van der Waals surface area (Å²) >= 11 is 3.14. The number of azide groups is 1. The molecule has 18 nitrogen and oxygen atoms in total. The lowest BCUT2D eigenvalue weighted by Crippen LogP contribution is -2.50. The molecule has 0 aromatic rings. The van der Waals surface area contributed by atoms with Crippen LogP contribution in [0.2, 0.25) is 0 Å². The van der Waals surface area contributed by atoms with Crippen LogP contribution in [0.5, 0.6) is 0 Å².